The summed E-state index contributed by atoms with van der Waals surface area (Å²) in [6.45, 7) is 0.460. The molecule has 0 aliphatic carbocycles. The number of carbonyl (C=O) groups excluding carboxylic acids is 1. The topological polar surface area (TPSA) is 53.4 Å². The highest BCUT2D eigenvalue weighted by Crippen LogP contribution is 2.20. The molecule has 0 atom stereocenters. The van der Waals surface area contributed by atoms with Gasteiger partial charge in [-0.15, -0.1) is 0 Å². The Morgan fingerprint density at radius 3 is 2.79 bits per heavy atom. The lowest BCUT2D eigenvalue weighted by Crippen LogP contribution is -2.26. The largest absolute Gasteiger partial charge is 0.505 e. The van der Waals surface area contributed by atoms with E-state index in [1.54, 1.807) is 11.9 Å². The van der Waals surface area contributed by atoms with Crippen LogP contribution in [0.4, 0.5) is 0 Å². The van der Waals surface area contributed by atoms with Crippen molar-refractivity contribution in [3.05, 3.63) is 58.3 Å². The van der Waals surface area contributed by atoms with Gasteiger partial charge in [-0.05, 0) is 17.7 Å². The Labute approximate surface area is 119 Å². The van der Waals surface area contributed by atoms with E-state index in [1.165, 1.54) is 18.5 Å². The number of amides is 1. The Balaban J connectivity index is 2.17. The smallest absolute Gasteiger partial charge is 0.257 e. The highest BCUT2D eigenvalue weighted by Gasteiger charge is 2.16. The molecule has 0 aliphatic rings. The Morgan fingerprint density at radius 2 is 2.11 bits per heavy atom. The van der Waals surface area contributed by atoms with Crippen LogP contribution in [-0.2, 0) is 6.54 Å². The van der Waals surface area contributed by atoms with Crippen molar-refractivity contribution in [2.24, 2.45) is 0 Å². The summed E-state index contributed by atoms with van der Waals surface area (Å²) in [4.78, 5) is 17.5. The number of aromatic nitrogens is 1. The molecular weight excluding hydrogens is 308 g/mol. The third kappa shape index (κ3) is 3.12. The maximum atomic E-state index is 12.2. The molecule has 4 nitrogen and oxygen atoms in total. The summed E-state index contributed by atoms with van der Waals surface area (Å²) in [6, 6.07) is 9.22. The zero-order valence-electron chi connectivity index (χ0n) is 10.4. The summed E-state index contributed by atoms with van der Waals surface area (Å²) in [5.41, 5.74) is 1.26. The quantitative estimate of drug-likeness (QED) is 0.946. The van der Waals surface area contributed by atoms with Gasteiger partial charge in [0.2, 0.25) is 0 Å². The Bertz CT molecular complexity index is 602. The van der Waals surface area contributed by atoms with E-state index in [1.807, 2.05) is 24.3 Å². The predicted molar refractivity (Wildman–Crippen MR) is 75.8 cm³/mol. The highest BCUT2D eigenvalue weighted by atomic mass is 79.9. The lowest BCUT2D eigenvalue weighted by atomic mass is 10.2. The molecular formula is C14H13BrN2O2. The molecule has 19 heavy (non-hydrogen) atoms. The van der Waals surface area contributed by atoms with Crippen LogP contribution in [0, 0.1) is 0 Å². The number of benzene rings is 1. The van der Waals surface area contributed by atoms with Crippen LogP contribution in [0.3, 0.4) is 0 Å². The van der Waals surface area contributed by atoms with Gasteiger partial charge in [0.1, 0.15) is 5.75 Å². The molecule has 98 valence electrons. The average Bonchev–Trinajstić information content (AvgIpc) is 2.41. The Hall–Kier alpha value is -1.88. The minimum absolute atomic E-state index is 0.105. The van der Waals surface area contributed by atoms with Gasteiger partial charge in [-0.3, -0.25) is 9.78 Å². The van der Waals surface area contributed by atoms with E-state index < -0.39 is 0 Å². The van der Waals surface area contributed by atoms with Crippen molar-refractivity contribution in [2.45, 2.75) is 6.54 Å². The third-order valence-corrected chi connectivity index (χ3v) is 3.52. The first-order valence-corrected chi connectivity index (χ1v) is 6.50. The van der Waals surface area contributed by atoms with Crippen LogP contribution in [0.1, 0.15) is 15.9 Å². The molecule has 5 heteroatoms. The molecule has 0 aliphatic heterocycles. The van der Waals surface area contributed by atoms with Crippen molar-refractivity contribution in [2.75, 3.05) is 7.05 Å². The molecule has 1 heterocycles. The fraction of sp³-hybridized carbons (Fsp3) is 0.143. The second kappa shape index (κ2) is 5.84. The maximum absolute atomic E-state index is 12.2. The lowest BCUT2D eigenvalue weighted by Gasteiger charge is -2.18. The molecule has 0 spiro atoms. The van der Waals surface area contributed by atoms with Crippen molar-refractivity contribution in [3.63, 3.8) is 0 Å². The molecule has 1 aromatic carbocycles. The molecule has 0 unspecified atom stereocenters. The fourth-order valence-corrected chi connectivity index (χ4v) is 2.14. The minimum Gasteiger partial charge on any atom is -0.505 e. The van der Waals surface area contributed by atoms with E-state index in [2.05, 4.69) is 20.9 Å². The number of carbonyl (C=O) groups is 1. The number of halogens is 1. The van der Waals surface area contributed by atoms with Crippen LogP contribution in [0.2, 0.25) is 0 Å². The molecule has 0 saturated heterocycles. The van der Waals surface area contributed by atoms with Crippen molar-refractivity contribution in [3.8, 4) is 5.75 Å². The van der Waals surface area contributed by atoms with Crippen LogP contribution in [0.25, 0.3) is 0 Å². The number of nitrogens with zero attached hydrogens (tertiary/aromatic N) is 2. The summed E-state index contributed by atoms with van der Waals surface area (Å²) in [6.07, 6.45) is 2.75. The van der Waals surface area contributed by atoms with E-state index in [0.717, 1.165) is 10.0 Å². The van der Waals surface area contributed by atoms with Gasteiger partial charge in [-0.1, -0.05) is 34.1 Å². The fourth-order valence-electron chi connectivity index (χ4n) is 1.73. The van der Waals surface area contributed by atoms with Crippen molar-refractivity contribution < 1.29 is 9.90 Å². The summed E-state index contributed by atoms with van der Waals surface area (Å²) in [7, 11) is 1.70. The predicted octanol–water partition coefficient (Wildman–Crippen LogP) is 2.82. The lowest BCUT2D eigenvalue weighted by molar-refractivity contribution is 0.0781. The number of rotatable bonds is 3. The standard InChI is InChI=1S/C14H13BrN2O2/c1-17(9-10-4-2-3-5-12(10)15)14(19)11-6-7-16-8-13(11)18/h2-8,18H,9H2,1H3. The van der Waals surface area contributed by atoms with E-state index in [9.17, 15) is 9.90 Å². The van der Waals surface area contributed by atoms with Crippen LogP contribution in [0.5, 0.6) is 5.75 Å². The third-order valence-electron chi connectivity index (χ3n) is 2.74. The normalized spacial score (nSPS) is 10.2. The first-order chi connectivity index (χ1) is 9.09. The van der Waals surface area contributed by atoms with Gasteiger partial charge in [-0.2, -0.15) is 0 Å². The number of aromatic hydroxyl groups is 1. The van der Waals surface area contributed by atoms with Gasteiger partial charge < -0.3 is 10.0 Å². The van der Waals surface area contributed by atoms with Crippen LogP contribution >= 0.6 is 15.9 Å². The van der Waals surface area contributed by atoms with Crippen molar-refractivity contribution >= 4 is 21.8 Å². The summed E-state index contributed by atoms with van der Waals surface area (Å²) in [5.74, 6) is -0.345. The molecule has 1 amide bonds. The SMILES string of the molecule is CN(Cc1ccccc1Br)C(=O)c1ccncc1O. The molecule has 1 aromatic heterocycles. The molecule has 2 rings (SSSR count). The zero-order valence-corrected chi connectivity index (χ0v) is 12.0. The first-order valence-electron chi connectivity index (χ1n) is 5.71. The van der Waals surface area contributed by atoms with Crippen molar-refractivity contribution in [1.29, 1.82) is 0 Å². The number of pyridine rings is 1. The molecule has 0 fully saturated rings. The van der Waals surface area contributed by atoms with Gasteiger partial charge in [-0.25, -0.2) is 0 Å². The summed E-state index contributed by atoms with van der Waals surface area (Å²) < 4.78 is 0.952. The second-order valence-electron chi connectivity index (χ2n) is 4.15. The van der Waals surface area contributed by atoms with E-state index in [0.29, 0.717) is 6.54 Å². The summed E-state index contributed by atoms with van der Waals surface area (Å²) in [5, 5.41) is 9.63. The van der Waals surface area contributed by atoms with E-state index in [-0.39, 0.29) is 17.2 Å². The monoisotopic (exact) mass is 320 g/mol. The molecule has 0 saturated carbocycles. The second-order valence-corrected chi connectivity index (χ2v) is 5.00. The molecule has 0 bridgehead atoms. The Morgan fingerprint density at radius 1 is 1.37 bits per heavy atom. The highest BCUT2D eigenvalue weighted by molar-refractivity contribution is 9.10. The number of hydrogen-bond donors (Lipinski definition) is 1. The van der Waals surface area contributed by atoms with Gasteiger partial charge in [0.05, 0.1) is 11.8 Å². The van der Waals surface area contributed by atoms with Gasteiger partial charge in [0.15, 0.2) is 0 Å². The zero-order chi connectivity index (χ0) is 13.8. The Kier molecular flexibility index (Phi) is 4.16. The average molecular weight is 321 g/mol. The molecule has 2 aromatic rings. The van der Waals surface area contributed by atoms with E-state index >= 15 is 0 Å². The van der Waals surface area contributed by atoms with Crippen LogP contribution in [0.15, 0.2) is 47.2 Å². The summed E-state index contributed by atoms with van der Waals surface area (Å²) >= 11 is 3.45. The van der Waals surface area contributed by atoms with Crippen LogP contribution in [-0.4, -0.2) is 27.9 Å². The van der Waals surface area contributed by atoms with Gasteiger partial charge >= 0.3 is 0 Å². The first kappa shape index (κ1) is 13.5. The van der Waals surface area contributed by atoms with Crippen molar-refractivity contribution in [1.82, 2.24) is 9.88 Å². The maximum Gasteiger partial charge on any atom is 0.257 e. The number of hydrogen-bond acceptors (Lipinski definition) is 3. The van der Waals surface area contributed by atoms with Crippen LogP contribution < -0.4 is 0 Å². The van der Waals surface area contributed by atoms with Gasteiger partial charge in [0, 0.05) is 24.3 Å². The molecule has 1 N–H and O–H groups in total. The van der Waals surface area contributed by atoms with E-state index in [4.69, 9.17) is 0 Å². The van der Waals surface area contributed by atoms with Gasteiger partial charge in [0.25, 0.3) is 5.91 Å². The molecule has 0 radical (unpaired) electrons. The minimum atomic E-state index is -0.240.